The summed E-state index contributed by atoms with van der Waals surface area (Å²) in [7, 11) is -1.09. The molecule has 1 N–H and O–H groups in total. The molecule has 7 rings (SSSR count). The Labute approximate surface area is 235 Å². The normalized spacial score (nSPS) is 19.4. The van der Waals surface area contributed by atoms with Gasteiger partial charge in [-0.05, 0) is 55.5 Å². The van der Waals surface area contributed by atoms with Crippen molar-refractivity contribution in [1.82, 2.24) is 14.9 Å². The first-order chi connectivity index (χ1) is 19.3. The smallest absolute Gasteiger partial charge is 0.237 e. The van der Waals surface area contributed by atoms with Crippen molar-refractivity contribution in [2.24, 2.45) is 0 Å². The van der Waals surface area contributed by atoms with Crippen LogP contribution in [0.15, 0.2) is 60.8 Å². The number of nitrogens with one attached hydrogen (secondary N) is 1. The third-order valence-electron chi connectivity index (χ3n) is 9.41. The molecular weight excluding hydrogens is 520 g/mol. The molecule has 1 aliphatic carbocycles. The fourth-order valence-corrected chi connectivity index (χ4v) is 8.12. The fourth-order valence-electron chi connectivity index (χ4n) is 7.06. The van der Waals surface area contributed by atoms with Gasteiger partial charge in [-0.3, -0.25) is 9.69 Å². The van der Waals surface area contributed by atoms with Gasteiger partial charge in [0.25, 0.3) is 0 Å². The lowest BCUT2D eigenvalue weighted by Gasteiger charge is -2.37. The van der Waals surface area contributed by atoms with Crippen LogP contribution in [0.2, 0.25) is 0 Å². The van der Waals surface area contributed by atoms with Crippen LogP contribution in [0.4, 0.5) is 5.69 Å². The summed E-state index contributed by atoms with van der Waals surface area (Å²) in [6, 6.07) is 19.1. The molecule has 1 saturated carbocycles. The van der Waals surface area contributed by atoms with Crippen LogP contribution in [0.5, 0.6) is 0 Å². The van der Waals surface area contributed by atoms with Crippen molar-refractivity contribution >= 4 is 32.5 Å². The molecule has 1 spiro atoms. The number of nitrogens with zero attached hydrogens (tertiary/aromatic N) is 3. The number of likely N-dealkylation sites (N-methyl/N-ethyl adjacent to an activating group) is 1. The molecule has 2 aromatic carbocycles. The molecule has 8 heteroatoms. The van der Waals surface area contributed by atoms with E-state index in [9.17, 15) is 13.2 Å². The number of carbonyl (C=O) groups is 1. The molecule has 1 amide bonds. The van der Waals surface area contributed by atoms with E-state index in [-0.39, 0.29) is 11.2 Å². The molecule has 4 aromatic rings. The zero-order valence-corrected chi connectivity index (χ0v) is 23.8. The topological polar surface area (TPSA) is 86.4 Å². The summed E-state index contributed by atoms with van der Waals surface area (Å²) >= 11 is 0. The Morgan fingerprint density at radius 3 is 2.33 bits per heavy atom. The van der Waals surface area contributed by atoms with Crippen molar-refractivity contribution in [1.29, 1.82) is 0 Å². The van der Waals surface area contributed by atoms with Gasteiger partial charge in [0, 0.05) is 36.4 Å². The predicted octanol–water partition coefficient (Wildman–Crippen LogP) is 5.30. The number of aromatic amines is 1. The number of sulfone groups is 1. The Hall–Kier alpha value is -3.49. The lowest BCUT2D eigenvalue weighted by atomic mass is 9.64. The second-order valence-corrected chi connectivity index (χ2v) is 14.1. The molecule has 7 nitrogen and oxygen atoms in total. The Kier molecular flexibility index (Phi) is 5.91. The molecule has 40 heavy (non-hydrogen) atoms. The average Bonchev–Trinajstić information content (AvgIpc) is 3.43. The van der Waals surface area contributed by atoms with E-state index < -0.39 is 15.3 Å². The number of hydrogen-bond donors (Lipinski definition) is 1. The number of carbonyl (C=O) groups excluding carboxylic acids is 1. The van der Waals surface area contributed by atoms with Crippen molar-refractivity contribution < 1.29 is 13.2 Å². The molecule has 206 valence electrons. The largest absolute Gasteiger partial charge is 0.339 e. The summed E-state index contributed by atoms with van der Waals surface area (Å²) in [5, 5.41) is 0.850. The molecule has 1 saturated heterocycles. The minimum absolute atomic E-state index is 0.190. The maximum absolute atomic E-state index is 13.5. The van der Waals surface area contributed by atoms with Gasteiger partial charge in [-0.1, -0.05) is 61.0 Å². The van der Waals surface area contributed by atoms with E-state index in [1.807, 2.05) is 19.3 Å². The van der Waals surface area contributed by atoms with Gasteiger partial charge in [-0.25, -0.2) is 13.4 Å². The Balaban J connectivity index is 1.27. The minimum atomic E-state index is -2.97. The standard InChI is InChI=1S/C32H34N4O3S/c1-35-25-19-33-30-27(28(25)32(31(35)37)15-6-16-32)26(22-7-4-3-5-8-22)29(34-30)23-11-9-21(10-12-23)20-36-17-13-24(14-18-36)40(2,38)39/h3-5,7-12,19,24H,6,13-18,20H2,1-2H3,(H,33,34). The number of anilines is 1. The summed E-state index contributed by atoms with van der Waals surface area (Å²) in [6.45, 7) is 2.40. The number of hydrogen-bond acceptors (Lipinski definition) is 5. The molecule has 2 fully saturated rings. The third-order valence-corrected chi connectivity index (χ3v) is 11.1. The van der Waals surface area contributed by atoms with E-state index in [1.165, 1.54) is 11.8 Å². The number of benzene rings is 2. The van der Waals surface area contributed by atoms with Gasteiger partial charge in [0.05, 0.1) is 28.2 Å². The second kappa shape index (κ2) is 9.28. The first kappa shape index (κ1) is 25.5. The summed E-state index contributed by atoms with van der Waals surface area (Å²) in [4.78, 5) is 26.0. The van der Waals surface area contributed by atoms with Crippen molar-refractivity contribution in [3.05, 3.63) is 71.9 Å². The Morgan fingerprint density at radius 2 is 1.70 bits per heavy atom. The lowest BCUT2D eigenvalue weighted by molar-refractivity contribution is -0.125. The van der Waals surface area contributed by atoms with E-state index >= 15 is 0 Å². The van der Waals surface area contributed by atoms with E-state index in [0.717, 1.165) is 83.6 Å². The zero-order chi connectivity index (χ0) is 27.6. The zero-order valence-electron chi connectivity index (χ0n) is 23.0. The highest BCUT2D eigenvalue weighted by atomic mass is 32.2. The highest BCUT2D eigenvalue weighted by Gasteiger charge is 2.55. The second-order valence-electron chi connectivity index (χ2n) is 11.8. The van der Waals surface area contributed by atoms with Gasteiger partial charge in [-0.15, -0.1) is 0 Å². The van der Waals surface area contributed by atoms with Crippen molar-refractivity contribution in [2.45, 2.75) is 49.3 Å². The van der Waals surface area contributed by atoms with Crippen molar-refractivity contribution in [3.63, 3.8) is 0 Å². The summed E-state index contributed by atoms with van der Waals surface area (Å²) in [5.41, 5.74) is 7.94. The summed E-state index contributed by atoms with van der Waals surface area (Å²) < 4.78 is 23.8. The summed E-state index contributed by atoms with van der Waals surface area (Å²) in [6.07, 6.45) is 7.43. The number of fused-ring (bicyclic) bond motifs is 4. The molecule has 2 aliphatic heterocycles. The van der Waals surface area contributed by atoms with Crippen molar-refractivity contribution in [2.75, 3.05) is 31.3 Å². The first-order valence-electron chi connectivity index (χ1n) is 14.2. The number of H-pyrrole nitrogens is 1. The number of likely N-dealkylation sites (tertiary alicyclic amines) is 1. The molecular formula is C32H34N4O3S. The summed E-state index contributed by atoms with van der Waals surface area (Å²) in [5.74, 6) is 0.190. The Morgan fingerprint density at radius 1 is 1.00 bits per heavy atom. The van der Waals surface area contributed by atoms with Crippen LogP contribution in [0.3, 0.4) is 0 Å². The highest BCUT2D eigenvalue weighted by Crippen LogP contribution is 2.57. The molecule has 4 heterocycles. The predicted molar refractivity (Wildman–Crippen MR) is 159 cm³/mol. The van der Waals surface area contributed by atoms with Crippen LogP contribution in [0.1, 0.15) is 43.2 Å². The number of amides is 1. The van der Waals surface area contributed by atoms with E-state index in [2.05, 4.69) is 58.4 Å². The number of pyridine rings is 1. The number of rotatable bonds is 5. The maximum atomic E-state index is 13.5. The molecule has 0 atom stereocenters. The van der Waals surface area contributed by atoms with Gasteiger partial charge in [-0.2, -0.15) is 0 Å². The van der Waals surface area contributed by atoms with Crippen LogP contribution in [0.25, 0.3) is 33.4 Å². The third kappa shape index (κ3) is 3.91. The first-order valence-corrected chi connectivity index (χ1v) is 16.1. The van der Waals surface area contributed by atoms with Gasteiger partial charge >= 0.3 is 0 Å². The highest BCUT2D eigenvalue weighted by molar-refractivity contribution is 7.91. The van der Waals surface area contributed by atoms with Gasteiger partial charge in [0.1, 0.15) is 15.5 Å². The van der Waals surface area contributed by atoms with Crippen LogP contribution in [0, 0.1) is 0 Å². The van der Waals surface area contributed by atoms with Crippen LogP contribution in [-0.4, -0.2) is 60.8 Å². The van der Waals surface area contributed by atoms with Crippen LogP contribution in [-0.2, 0) is 26.6 Å². The van der Waals surface area contributed by atoms with Crippen LogP contribution >= 0.6 is 0 Å². The number of aromatic nitrogens is 2. The molecule has 2 aromatic heterocycles. The van der Waals surface area contributed by atoms with Crippen LogP contribution < -0.4 is 4.90 Å². The quantitative estimate of drug-likeness (QED) is 0.362. The van der Waals surface area contributed by atoms with E-state index in [1.54, 1.807) is 4.90 Å². The van der Waals surface area contributed by atoms with Gasteiger partial charge < -0.3 is 9.88 Å². The lowest BCUT2D eigenvalue weighted by Crippen LogP contribution is -2.43. The van der Waals surface area contributed by atoms with Gasteiger partial charge in [0.2, 0.25) is 5.91 Å². The molecule has 0 bridgehead atoms. The SMILES string of the molecule is CN1C(=O)C2(CCC2)c2c1cnc1[nH]c(-c3ccc(CN4CCC(S(C)(=O)=O)CC4)cc3)c(-c3ccccc3)c21. The monoisotopic (exact) mass is 554 g/mol. The van der Waals surface area contributed by atoms with E-state index in [4.69, 9.17) is 4.98 Å². The molecule has 3 aliphatic rings. The average molecular weight is 555 g/mol. The van der Waals surface area contributed by atoms with Gasteiger partial charge in [0.15, 0.2) is 0 Å². The molecule has 0 unspecified atom stereocenters. The van der Waals surface area contributed by atoms with Crippen molar-refractivity contribution in [3.8, 4) is 22.4 Å². The molecule has 0 radical (unpaired) electrons. The maximum Gasteiger partial charge on any atom is 0.237 e. The fraction of sp³-hybridized carbons (Fsp3) is 0.375. The minimum Gasteiger partial charge on any atom is -0.339 e. The van der Waals surface area contributed by atoms with E-state index in [0.29, 0.717) is 12.8 Å². The Bertz CT molecular complexity index is 1720. The number of piperidine rings is 1.